The fraction of sp³-hybridized carbons (Fsp3) is 0.579. The second-order valence-corrected chi connectivity index (χ2v) is 6.78. The normalized spacial score (nSPS) is 28.9. The van der Waals surface area contributed by atoms with Crippen LogP contribution >= 0.6 is 0 Å². The van der Waals surface area contributed by atoms with E-state index in [4.69, 9.17) is 0 Å². The van der Waals surface area contributed by atoms with Gasteiger partial charge in [0.05, 0.1) is 0 Å². The van der Waals surface area contributed by atoms with E-state index < -0.39 is 11.6 Å². The summed E-state index contributed by atoms with van der Waals surface area (Å²) in [5.74, 6) is 1.36. The number of rotatable bonds is 3. The van der Waals surface area contributed by atoms with Crippen LogP contribution in [0.4, 0.5) is 8.78 Å². The van der Waals surface area contributed by atoms with Crippen molar-refractivity contribution in [3.05, 3.63) is 41.5 Å². The van der Waals surface area contributed by atoms with E-state index in [9.17, 15) is 8.78 Å². The van der Waals surface area contributed by atoms with E-state index in [1.807, 2.05) is 0 Å². The third kappa shape index (κ3) is 3.36. The molecular weight excluding hydrogens is 266 g/mol. The Morgan fingerprint density at radius 1 is 1.05 bits per heavy atom. The van der Waals surface area contributed by atoms with Crippen LogP contribution in [-0.2, 0) is 0 Å². The van der Waals surface area contributed by atoms with Gasteiger partial charge in [0.1, 0.15) is 11.6 Å². The molecule has 2 aliphatic rings. The Labute approximate surface area is 126 Å². The van der Waals surface area contributed by atoms with Gasteiger partial charge in [-0.25, -0.2) is 8.78 Å². The van der Waals surface area contributed by atoms with Crippen LogP contribution in [-0.4, -0.2) is 0 Å². The molecule has 2 heteroatoms. The van der Waals surface area contributed by atoms with Crippen LogP contribution < -0.4 is 0 Å². The highest BCUT2D eigenvalue weighted by Gasteiger charge is 2.31. The topological polar surface area (TPSA) is 0 Å². The first kappa shape index (κ1) is 14.7. The Hall–Kier alpha value is -1.18. The first-order valence-electron chi connectivity index (χ1n) is 8.33. The lowest BCUT2D eigenvalue weighted by Crippen LogP contribution is -2.26. The van der Waals surface area contributed by atoms with Crippen molar-refractivity contribution < 1.29 is 8.78 Å². The summed E-state index contributed by atoms with van der Waals surface area (Å²) in [6.45, 7) is 2.27. The minimum atomic E-state index is -0.473. The predicted molar refractivity (Wildman–Crippen MR) is 82.8 cm³/mol. The zero-order valence-corrected chi connectivity index (χ0v) is 12.7. The number of halogens is 2. The monoisotopic (exact) mass is 290 g/mol. The first-order chi connectivity index (χ1) is 10.2. The fourth-order valence-electron chi connectivity index (χ4n) is 4.27. The maximum atomic E-state index is 13.4. The van der Waals surface area contributed by atoms with Gasteiger partial charge in [-0.2, -0.15) is 0 Å². The van der Waals surface area contributed by atoms with E-state index in [0.29, 0.717) is 5.92 Å². The molecule has 0 saturated heterocycles. The fourth-order valence-corrected chi connectivity index (χ4v) is 4.27. The third-order valence-corrected chi connectivity index (χ3v) is 5.28. The zero-order chi connectivity index (χ0) is 14.8. The molecule has 0 spiro atoms. The summed E-state index contributed by atoms with van der Waals surface area (Å²) in [6.07, 6.45) is 11.0. The number of hydrogen-bond acceptors (Lipinski definition) is 0. The average Bonchev–Trinajstić information content (AvgIpc) is 2.46. The SMILES string of the molecule is CCCC1CCC2C=C(c3cc(F)cc(F)c3)CCC2C1. The molecule has 1 fully saturated rings. The maximum absolute atomic E-state index is 13.4. The van der Waals surface area contributed by atoms with Gasteiger partial charge in [0.25, 0.3) is 0 Å². The Morgan fingerprint density at radius 3 is 2.52 bits per heavy atom. The lowest BCUT2D eigenvalue weighted by atomic mass is 9.67. The summed E-state index contributed by atoms with van der Waals surface area (Å²) >= 11 is 0. The standard InChI is InChI=1S/C19H24F2/c1-2-3-13-4-5-15-9-16(7-6-14(15)8-13)17-10-18(20)12-19(21)11-17/h9-15H,2-8H2,1H3. The molecule has 0 radical (unpaired) electrons. The van der Waals surface area contributed by atoms with E-state index in [2.05, 4.69) is 13.0 Å². The summed E-state index contributed by atoms with van der Waals surface area (Å²) in [4.78, 5) is 0. The summed E-state index contributed by atoms with van der Waals surface area (Å²) in [5, 5.41) is 0. The Bertz CT molecular complexity index is 512. The molecule has 0 aliphatic heterocycles. The summed E-state index contributed by atoms with van der Waals surface area (Å²) in [5.41, 5.74) is 1.88. The van der Waals surface area contributed by atoms with Crippen LogP contribution in [0.1, 0.15) is 57.4 Å². The third-order valence-electron chi connectivity index (χ3n) is 5.28. The molecule has 0 heterocycles. The molecule has 0 amide bonds. The molecule has 21 heavy (non-hydrogen) atoms. The van der Waals surface area contributed by atoms with Crippen LogP contribution in [0, 0.1) is 29.4 Å². The summed E-state index contributed by atoms with van der Waals surface area (Å²) < 4.78 is 26.8. The Balaban J connectivity index is 1.76. The van der Waals surface area contributed by atoms with Gasteiger partial charge in [-0.05, 0) is 73.1 Å². The van der Waals surface area contributed by atoms with Crippen LogP contribution in [0.5, 0.6) is 0 Å². The van der Waals surface area contributed by atoms with Crippen molar-refractivity contribution in [2.75, 3.05) is 0 Å². The number of hydrogen-bond donors (Lipinski definition) is 0. The molecule has 0 bridgehead atoms. The van der Waals surface area contributed by atoms with Gasteiger partial charge in [0.2, 0.25) is 0 Å². The summed E-state index contributed by atoms with van der Waals surface area (Å²) in [7, 11) is 0. The molecule has 0 N–H and O–H groups in total. The Morgan fingerprint density at radius 2 is 1.81 bits per heavy atom. The van der Waals surface area contributed by atoms with Crippen LogP contribution in [0.25, 0.3) is 5.57 Å². The molecule has 1 saturated carbocycles. The van der Waals surface area contributed by atoms with E-state index in [0.717, 1.165) is 35.5 Å². The van der Waals surface area contributed by atoms with E-state index in [-0.39, 0.29) is 0 Å². The van der Waals surface area contributed by atoms with Gasteiger partial charge in [0, 0.05) is 6.07 Å². The number of allylic oxidation sites excluding steroid dienone is 2. The zero-order valence-electron chi connectivity index (χ0n) is 12.7. The molecule has 1 aromatic carbocycles. The van der Waals surface area contributed by atoms with Crippen molar-refractivity contribution in [2.24, 2.45) is 17.8 Å². The molecule has 0 nitrogen and oxygen atoms in total. The minimum absolute atomic E-state index is 0.473. The van der Waals surface area contributed by atoms with Gasteiger partial charge < -0.3 is 0 Å². The number of benzene rings is 1. The minimum Gasteiger partial charge on any atom is -0.207 e. The lowest BCUT2D eigenvalue weighted by molar-refractivity contribution is 0.190. The van der Waals surface area contributed by atoms with E-state index in [1.165, 1.54) is 50.7 Å². The van der Waals surface area contributed by atoms with Crippen molar-refractivity contribution in [3.63, 3.8) is 0 Å². The van der Waals surface area contributed by atoms with Gasteiger partial charge in [-0.3, -0.25) is 0 Å². The molecule has 3 atom stereocenters. The highest BCUT2D eigenvalue weighted by Crippen LogP contribution is 2.44. The van der Waals surface area contributed by atoms with Crippen molar-refractivity contribution in [1.82, 2.24) is 0 Å². The van der Waals surface area contributed by atoms with Crippen LogP contribution in [0.3, 0.4) is 0 Å². The van der Waals surface area contributed by atoms with Gasteiger partial charge in [0.15, 0.2) is 0 Å². The predicted octanol–water partition coefficient (Wildman–Crippen LogP) is 5.97. The highest BCUT2D eigenvalue weighted by molar-refractivity contribution is 5.66. The average molecular weight is 290 g/mol. The quantitative estimate of drug-likeness (QED) is 0.643. The van der Waals surface area contributed by atoms with Crippen molar-refractivity contribution in [1.29, 1.82) is 0 Å². The number of fused-ring (bicyclic) bond motifs is 1. The van der Waals surface area contributed by atoms with Crippen LogP contribution in [0.15, 0.2) is 24.3 Å². The highest BCUT2D eigenvalue weighted by atomic mass is 19.1. The molecule has 1 aromatic rings. The Kier molecular flexibility index (Phi) is 4.42. The molecule has 114 valence electrons. The maximum Gasteiger partial charge on any atom is 0.126 e. The van der Waals surface area contributed by atoms with Gasteiger partial charge in [-0.15, -0.1) is 0 Å². The van der Waals surface area contributed by atoms with Crippen molar-refractivity contribution >= 4 is 5.57 Å². The largest absolute Gasteiger partial charge is 0.207 e. The van der Waals surface area contributed by atoms with Crippen molar-refractivity contribution in [2.45, 2.75) is 51.9 Å². The first-order valence-corrected chi connectivity index (χ1v) is 8.33. The van der Waals surface area contributed by atoms with Crippen molar-refractivity contribution in [3.8, 4) is 0 Å². The summed E-state index contributed by atoms with van der Waals surface area (Å²) in [6, 6.07) is 3.89. The molecule has 3 unspecified atom stereocenters. The smallest absolute Gasteiger partial charge is 0.126 e. The second kappa shape index (κ2) is 6.29. The molecule has 0 aromatic heterocycles. The van der Waals surface area contributed by atoms with Gasteiger partial charge >= 0.3 is 0 Å². The lowest BCUT2D eigenvalue weighted by Gasteiger charge is -2.38. The molecular formula is C19H24F2. The van der Waals surface area contributed by atoms with E-state index >= 15 is 0 Å². The molecule has 2 aliphatic carbocycles. The molecule has 3 rings (SSSR count). The van der Waals surface area contributed by atoms with Gasteiger partial charge in [-0.1, -0.05) is 25.8 Å². The van der Waals surface area contributed by atoms with Crippen LogP contribution in [0.2, 0.25) is 0 Å². The van der Waals surface area contributed by atoms with E-state index in [1.54, 1.807) is 0 Å². The second-order valence-electron chi connectivity index (χ2n) is 6.78.